The number of hydrogen-bond acceptors (Lipinski definition) is 10. The number of rotatable bonds is 8. The number of aromatic nitrogens is 5. The Hall–Kier alpha value is -3.39. The molecule has 0 saturated carbocycles. The molecule has 10 nitrogen and oxygen atoms in total. The number of halogens is 3. The van der Waals surface area contributed by atoms with Crippen LogP contribution in [0.1, 0.15) is 29.5 Å². The van der Waals surface area contributed by atoms with Crippen LogP contribution in [0.5, 0.6) is 5.75 Å². The number of carbonyl (C=O) groups is 1. The third kappa shape index (κ3) is 6.82. The Morgan fingerprint density at radius 1 is 1.26 bits per heavy atom. The van der Waals surface area contributed by atoms with Crippen molar-refractivity contribution in [3.05, 3.63) is 47.4 Å². The molecule has 1 N–H and O–H groups in total. The summed E-state index contributed by atoms with van der Waals surface area (Å²) >= 11 is 1.25. The SMILES string of the molecule is COC(C(=O)Nc1nnc(CC2CCN(c3cccnn3)CC2)s1)c1cncc(OC(F)(F)F)c1. The molecule has 0 radical (unpaired) electrons. The molecule has 1 aliphatic heterocycles. The summed E-state index contributed by atoms with van der Waals surface area (Å²) in [4.78, 5) is 18.6. The molecular weight excluding hydrogens is 487 g/mol. The van der Waals surface area contributed by atoms with Crippen molar-refractivity contribution in [3.8, 4) is 5.75 Å². The summed E-state index contributed by atoms with van der Waals surface area (Å²) in [5, 5.41) is 19.9. The normalized spacial score (nSPS) is 15.6. The van der Waals surface area contributed by atoms with Crippen LogP contribution in [0.15, 0.2) is 36.8 Å². The largest absolute Gasteiger partial charge is 0.573 e. The minimum Gasteiger partial charge on any atom is -0.404 e. The number of anilines is 2. The van der Waals surface area contributed by atoms with Gasteiger partial charge in [-0.25, -0.2) is 0 Å². The quantitative estimate of drug-likeness (QED) is 0.488. The molecule has 1 unspecified atom stereocenters. The molecule has 4 rings (SSSR count). The number of ether oxygens (including phenoxy) is 2. The lowest BCUT2D eigenvalue weighted by atomic mass is 9.94. The van der Waals surface area contributed by atoms with Gasteiger partial charge in [-0.15, -0.1) is 28.5 Å². The zero-order valence-corrected chi connectivity index (χ0v) is 19.4. The number of methoxy groups -OCH3 is 1. The van der Waals surface area contributed by atoms with Crippen LogP contribution in [0.3, 0.4) is 0 Å². The van der Waals surface area contributed by atoms with Crippen LogP contribution in [-0.2, 0) is 16.0 Å². The fourth-order valence-corrected chi connectivity index (χ4v) is 4.65. The number of amides is 1. The number of nitrogens with zero attached hydrogens (tertiary/aromatic N) is 6. The van der Waals surface area contributed by atoms with Crippen molar-refractivity contribution >= 4 is 28.2 Å². The zero-order valence-electron chi connectivity index (χ0n) is 18.6. The number of pyridine rings is 1. The predicted octanol–water partition coefficient (Wildman–Crippen LogP) is 3.41. The number of nitrogens with one attached hydrogen (secondary N) is 1. The second-order valence-corrected chi connectivity index (χ2v) is 8.89. The maximum absolute atomic E-state index is 12.7. The maximum Gasteiger partial charge on any atom is 0.573 e. The minimum atomic E-state index is -4.87. The smallest absolute Gasteiger partial charge is 0.404 e. The van der Waals surface area contributed by atoms with Gasteiger partial charge < -0.3 is 14.4 Å². The van der Waals surface area contributed by atoms with Crippen LogP contribution in [0, 0.1) is 5.92 Å². The maximum atomic E-state index is 12.7. The van der Waals surface area contributed by atoms with Crippen molar-refractivity contribution in [2.75, 3.05) is 30.4 Å². The molecule has 0 aromatic carbocycles. The fourth-order valence-electron chi connectivity index (χ4n) is 3.80. The van der Waals surface area contributed by atoms with E-state index in [4.69, 9.17) is 4.74 Å². The summed E-state index contributed by atoms with van der Waals surface area (Å²) in [6, 6.07) is 4.85. The van der Waals surface area contributed by atoms with Gasteiger partial charge in [0.25, 0.3) is 5.91 Å². The Kier molecular flexibility index (Phi) is 7.70. The monoisotopic (exact) mass is 509 g/mol. The lowest BCUT2D eigenvalue weighted by Crippen LogP contribution is -2.34. The lowest BCUT2D eigenvalue weighted by molar-refractivity contribution is -0.274. The molecule has 3 aromatic heterocycles. The number of hydrogen-bond donors (Lipinski definition) is 1. The van der Waals surface area contributed by atoms with Crippen molar-refractivity contribution in [3.63, 3.8) is 0 Å². The Labute approximate surface area is 202 Å². The Morgan fingerprint density at radius 2 is 2.06 bits per heavy atom. The highest BCUT2D eigenvalue weighted by molar-refractivity contribution is 7.15. The van der Waals surface area contributed by atoms with E-state index in [-0.39, 0.29) is 10.7 Å². The molecule has 3 aromatic rings. The Bertz CT molecular complexity index is 1120. The molecule has 1 saturated heterocycles. The first-order chi connectivity index (χ1) is 16.8. The van der Waals surface area contributed by atoms with Gasteiger partial charge in [-0.3, -0.25) is 15.1 Å². The van der Waals surface area contributed by atoms with E-state index in [2.05, 4.69) is 40.3 Å². The summed E-state index contributed by atoms with van der Waals surface area (Å²) in [5.41, 5.74) is 0.103. The van der Waals surface area contributed by atoms with E-state index in [1.165, 1.54) is 24.6 Å². The first kappa shape index (κ1) is 24.7. The molecule has 1 aliphatic rings. The van der Waals surface area contributed by atoms with Crippen molar-refractivity contribution in [2.24, 2.45) is 5.92 Å². The van der Waals surface area contributed by atoms with Gasteiger partial charge in [-0.2, -0.15) is 5.10 Å². The van der Waals surface area contributed by atoms with Gasteiger partial charge in [0.1, 0.15) is 10.8 Å². The van der Waals surface area contributed by atoms with Gasteiger partial charge in [-0.1, -0.05) is 11.3 Å². The van der Waals surface area contributed by atoms with E-state index in [0.717, 1.165) is 55.4 Å². The highest BCUT2D eigenvalue weighted by Crippen LogP contribution is 2.29. The lowest BCUT2D eigenvalue weighted by Gasteiger charge is -2.32. The van der Waals surface area contributed by atoms with Crippen molar-refractivity contribution < 1.29 is 27.4 Å². The van der Waals surface area contributed by atoms with Gasteiger partial charge in [0.15, 0.2) is 11.9 Å². The molecule has 186 valence electrons. The van der Waals surface area contributed by atoms with Gasteiger partial charge in [0.2, 0.25) is 5.13 Å². The van der Waals surface area contributed by atoms with Gasteiger partial charge >= 0.3 is 6.36 Å². The predicted molar refractivity (Wildman–Crippen MR) is 120 cm³/mol. The van der Waals surface area contributed by atoms with Crippen molar-refractivity contribution in [1.82, 2.24) is 25.4 Å². The van der Waals surface area contributed by atoms with E-state index < -0.39 is 24.1 Å². The molecule has 0 bridgehead atoms. The number of carbonyl (C=O) groups excluding carboxylic acids is 1. The average molecular weight is 510 g/mol. The highest BCUT2D eigenvalue weighted by atomic mass is 32.1. The Balaban J connectivity index is 1.32. The van der Waals surface area contributed by atoms with Gasteiger partial charge in [0, 0.05) is 44.6 Å². The second kappa shape index (κ2) is 10.9. The summed E-state index contributed by atoms with van der Waals surface area (Å²) < 4.78 is 46.5. The van der Waals surface area contributed by atoms with Crippen LogP contribution >= 0.6 is 11.3 Å². The summed E-state index contributed by atoms with van der Waals surface area (Å²) in [7, 11) is 1.26. The van der Waals surface area contributed by atoms with E-state index in [0.29, 0.717) is 5.92 Å². The highest BCUT2D eigenvalue weighted by Gasteiger charge is 2.32. The molecule has 1 amide bonds. The fraction of sp³-hybridized carbons (Fsp3) is 0.429. The van der Waals surface area contributed by atoms with E-state index in [1.54, 1.807) is 6.20 Å². The van der Waals surface area contributed by atoms with Crippen LogP contribution in [-0.4, -0.2) is 57.8 Å². The van der Waals surface area contributed by atoms with Crippen molar-refractivity contribution in [2.45, 2.75) is 31.7 Å². The number of alkyl halides is 3. The molecule has 0 aliphatic carbocycles. The average Bonchev–Trinajstić information content (AvgIpc) is 3.26. The first-order valence-electron chi connectivity index (χ1n) is 10.7. The van der Waals surface area contributed by atoms with Crippen LogP contribution in [0.4, 0.5) is 24.1 Å². The zero-order chi connectivity index (χ0) is 24.8. The molecule has 35 heavy (non-hydrogen) atoms. The van der Waals surface area contributed by atoms with Crippen LogP contribution in [0.25, 0.3) is 0 Å². The van der Waals surface area contributed by atoms with Crippen LogP contribution < -0.4 is 15.0 Å². The minimum absolute atomic E-state index is 0.103. The summed E-state index contributed by atoms with van der Waals surface area (Å²) in [6.45, 7) is 1.73. The standard InChI is InChI=1S/C21H22F3N7O3S/c1-33-18(14-10-15(12-25-11-14)34-21(22,23)24)19(32)27-20-30-29-17(35-20)9-13-4-7-31(8-5-13)16-3-2-6-26-28-16/h2-3,6,10-13,18H,4-5,7-9H2,1H3,(H,27,30,32). The summed E-state index contributed by atoms with van der Waals surface area (Å²) in [5.74, 6) is 0.130. The van der Waals surface area contributed by atoms with Gasteiger partial charge in [-0.05, 0) is 37.0 Å². The molecule has 4 heterocycles. The molecule has 1 atom stereocenters. The summed E-state index contributed by atoms with van der Waals surface area (Å²) in [6.07, 6.45) is 0.354. The van der Waals surface area contributed by atoms with Crippen molar-refractivity contribution in [1.29, 1.82) is 0 Å². The number of piperidine rings is 1. The topological polar surface area (TPSA) is 115 Å². The molecular formula is C21H22F3N7O3S. The third-order valence-corrected chi connectivity index (χ3v) is 6.26. The molecule has 14 heteroatoms. The van der Waals surface area contributed by atoms with Gasteiger partial charge in [0.05, 0.1) is 6.20 Å². The third-order valence-electron chi connectivity index (χ3n) is 5.40. The van der Waals surface area contributed by atoms with Crippen LogP contribution in [0.2, 0.25) is 0 Å². The molecule has 1 fully saturated rings. The van der Waals surface area contributed by atoms with E-state index in [1.807, 2.05) is 12.1 Å². The van der Waals surface area contributed by atoms with E-state index in [9.17, 15) is 18.0 Å². The second-order valence-electron chi connectivity index (χ2n) is 7.82. The van der Waals surface area contributed by atoms with E-state index >= 15 is 0 Å². The Morgan fingerprint density at radius 3 is 2.74 bits per heavy atom. The molecule has 0 spiro atoms. The first-order valence-corrected chi connectivity index (χ1v) is 11.5.